The van der Waals surface area contributed by atoms with Gasteiger partial charge >= 0.3 is 5.91 Å². The van der Waals surface area contributed by atoms with E-state index in [-0.39, 0.29) is 5.91 Å². The minimum atomic E-state index is -0.322. The topological polar surface area (TPSA) is 42.7 Å². The van der Waals surface area contributed by atoms with Crippen molar-refractivity contribution in [2.75, 3.05) is 12.2 Å². The zero-order valence-corrected chi connectivity index (χ0v) is 11.9. The molecule has 1 amide bonds. The molecule has 0 saturated heterocycles. The summed E-state index contributed by atoms with van der Waals surface area (Å²) < 4.78 is 5.69. The molecular formula is C17H15NO3. The van der Waals surface area contributed by atoms with E-state index in [9.17, 15) is 4.79 Å². The molecule has 3 aromatic rings. The summed E-state index contributed by atoms with van der Waals surface area (Å²) in [7, 11) is 1.46. The molecule has 0 aliphatic carbocycles. The number of hydrogen-bond donors (Lipinski definition) is 0. The molecule has 1 heterocycles. The lowest BCUT2D eigenvalue weighted by Crippen LogP contribution is -2.29. The van der Waals surface area contributed by atoms with E-state index in [0.29, 0.717) is 17.0 Å². The summed E-state index contributed by atoms with van der Waals surface area (Å²) in [5, 5.41) is 2.16. The maximum atomic E-state index is 12.7. The van der Waals surface area contributed by atoms with Crippen molar-refractivity contribution < 1.29 is 14.0 Å². The molecule has 0 radical (unpaired) electrons. The number of anilines is 1. The van der Waals surface area contributed by atoms with E-state index in [4.69, 9.17) is 9.25 Å². The van der Waals surface area contributed by atoms with Crippen LogP contribution in [0.3, 0.4) is 0 Å². The Labute approximate surface area is 122 Å². The third-order valence-corrected chi connectivity index (χ3v) is 3.40. The van der Waals surface area contributed by atoms with Gasteiger partial charge in [-0.25, -0.2) is 0 Å². The van der Waals surface area contributed by atoms with Gasteiger partial charge in [0.1, 0.15) is 5.58 Å². The minimum Gasteiger partial charge on any atom is -0.451 e. The molecule has 0 bridgehead atoms. The van der Waals surface area contributed by atoms with Gasteiger partial charge in [-0.2, -0.15) is 5.06 Å². The Morgan fingerprint density at radius 2 is 1.71 bits per heavy atom. The number of nitrogens with zero attached hydrogens (tertiary/aromatic N) is 1. The third kappa shape index (κ3) is 2.30. The Morgan fingerprint density at radius 1 is 1.05 bits per heavy atom. The Balaban J connectivity index is 2.05. The maximum Gasteiger partial charge on any atom is 0.318 e. The molecule has 0 spiro atoms. The van der Waals surface area contributed by atoms with Crippen LogP contribution in [0.4, 0.5) is 5.69 Å². The van der Waals surface area contributed by atoms with Crippen molar-refractivity contribution in [2.45, 2.75) is 6.92 Å². The average molecular weight is 281 g/mol. The van der Waals surface area contributed by atoms with Crippen LogP contribution in [-0.2, 0) is 4.84 Å². The molecule has 3 rings (SSSR count). The predicted octanol–water partition coefficient (Wildman–Crippen LogP) is 3.95. The van der Waals surface area contributed by atoms with Gasteiger partial charge in [0.15, 0.2) is 5.76 Å². The summed E-state index contributed by atoms with van der Waals surface area (Å²) in [6.45, 7) is 1.87. The molecule has 106 valence electrons. The summed E-state index contributed by atoms with van der Waals surface area (Å²) in [5.74, 6) is -0.0284. The number of carbonyl (C=O) groups is 1. The third-order valence-electron chi connectivity index (χ3n) is 3.40. The number of fused-ring (bicyclic) bond motifs is 1. The number of furan rings is 1. The van der Waals surface area contributed by atoms with Crippen LogP contribution in [-0.4, -0.2) is 13.0 Å². The van der Waals surface area contributed by atoms with Gasteiger partial charge in [-0.15, -0.1) is 0 Å². The number of amides is 1. The number of benzene rings is 2. The number of carbonyl (C=O) groups excluding carboxylic acids is 1. The van der Waals surface area contributed by atoms with E-state index >= 15 is 0 Å². The van der Waals surface area contributed by atoms with Crippen LogP contribution in [0.15, 0.2) is 59.0 Å². The Kier molecular flexibility index (Phi) is 3.46. The lowest BCUT2D eigenvalue weighted by atomic mass is 10.1. The van der Waals surface area contributed by atoms with Crippen molar-refractivity contribution in [1.29, 1.82) is 0 Å². The van der Waals surface area contributed by atoms with Crippen LogP contribution < -0.4 is 5.06 Å². The van der Waals surface area contributed by atoms with Gasteiger partial charge in [-0.05, 0) is 25.1 Å². The van der Waals surface area contributed by atoms with Crippen LogP contribution in [0.1, 0.15) is 16.1 Å². The molecule has 0 atom stereocenters. The highest BCUT2D eigenvalue weighted by Crippen LogP contribution is 2.27. The summed E-state index contributed by atoms with van der Waals surface area (Å²) >= 11 is 0. The van der Waals surface area contributed by atoms with E-state index < -0.39 is 0 Å². The molecule has 0 unspecified atom stereocenters. The van der Waals surface area contributed by atoms with Gasteiger partial charge in [0.05, 0.1) is 12.8 Å². The van der Waals surface area contributed by atoms with Crippen molar-refractivity contribution >= 4 is 22.6 Å². The predicted molar refractivity (Wildman–Crippen MR) is 81.2 cm³/mol. The van der Waals surface area contributed by atoms with Crippen molar-refractivity contribution in [3.05, 3.63) is 65.9 Å². The zero-order chi connectivity index (χ0) is 14.8. The normalized spacial score (nSPS) is 10.8. The first-order chi connectivity index (χ1) is 10.2. The quantitative estimate of drug-likeness (QED) is 0.683. The molecular weight excluding hydrogens is 266 g/mol. The van der Waals surface area contributed by atoms with E-state index in [0.717, 1.165) is 10.9 Å². The standard InChI is InChI=1S/C17H15NO3/c1-12-14-10-6-7-11-15(14)21-16(12)17(19)18(20-2)13-8-4-3-5-9-13/h3-11H,1-2H3. The van der Waals surface area contributed by atoms with Gasteiger partial charge in [-0.3, -0.25) is 9.63 Å². The molecule has 0 saturated carbocycles. The van der Waals surface area contributed by atoms with Gasteiger partial charge in [0.2, 0.25) is 0 Å². The van der Waals surface area contributed by atoms with Gasteiger partial charge in [-0.1, -0.05) is 36.4 Å². The second kappa shape index (κ2) is 5.42. The van der Waals surface area contributed by atoms with Crippen LogP contribution in [0.25, 0.3) is 11.0 Å². The monoisotopic (exact) mass is 281 g/mol. The summed E-state index contributed by atoms with van der Waals surface area (Å²) in [6.07, 6.45) is 0. The van der Waals surface area contributed by atoms with Crippen LogP contribution in [0, 0.1) is 6.92 Å². The van der Waals surface area contributed by atoms with Gasteiger partial charge in [0, 0.05) is 10.9 Å². The van der Waals surface area contributed by atoms with Crippen LogP contribution >= 0.6 is 0 Å². The second-order valence-electron chi connectivity index (χ2n) is 4.67. The van der Waals surface area contributed by atoms with Crippen molar-refractivity contribution in [3.8, 4) is 0 Å². The molecule has 0 fully saturated rings. The molecule has 0 aliphatic rings. The highest BCUT2D eigenvalue weighted by Gasteiger charge is 2.24. The molecule has 21 heavy (non-hydrogen) atoms. The van der Waals surface area contributed by atoms with E-state index in [1.165, 1.54) is 12.2 Å². The number of rotatable bonds is 3. The molecule has 2 aromatic carbocycles. The first-order valence-corrected chi connectivity index (χ1v) is 6.64. The Bertz CT molecular complexity index is 777. The van der Waals surface area contributed by atoms with Crippen molar-refractivity contribution in [2.24, 2.45) is 0 Å². The minimum absolute atomic E-state index is 0.293. The maximum absolute atomic E-state index is 12.7. The largest absolute Gasteiger partial charge is 0.451 e. The molecule has 0 N–H and O–H groups in total. The summed E-state index contributed by atoms with van der Waals surface area (Å²) in [5.41, 5.74) is 2.17. The lowest BCUT2D eigenvalue weighted by Gasteiger charge is -2.18. The molecule has 1 aromatic heterocycles. The first kappa shape index (κ1) is 13.4. The van der Waals surface area contributed by atoms with E-state index in [1.807, 2.05) is 49.4 Å². The van der Waals surface area contributed by atoms with Gasteiger partial charge < -0.3 is 4.42 Å². The fourth-order valence-corrected chi connectivity index (χ4v) is 2.34. The SMILES string of the molecule is CON(C(=O)c1oc2ccccc2c1C)c1ccccc1. The highest BCUT2D eigenvalue weighted by atomic mass is 16.7. The average Bonchev–Trinajstić information content (AvgIpc) is 2.87. The number of para-hydroxylation sites is 2. The number of hydrogen-bond acceptors (Lipinski definition) is 3. The van der Waals surface area contributed by atoms with Crippen LogP contribution in [0.5, 0.6) is 0 Å². The van der Waals surface area contributed by atoms with Crippen molar-refractivity contribution in [1.82, 2.24) is 0 Å². The molecule has 0 aliphatic heterocycles. The Hall–Kier alpha value is -2.59. The van der Waals surface area contributed by atoms with Crippen molar-refractivity contribution in [3.63, 3.8) is 0 Å². The van der Waals surface area contributed by atoms with Crippen LogP contribution in [0.2, 0.25) is 0 Å². The zero-order valence-electron chi connectivity index (χ0n) is 11.9. The second-order valence-corrected chi connectivity index (χ2v) is 4.67. The number of hydroxylamine groups is 1. The van der Waals surface area contributed by atoms with E-state index in [1.54, 1.807) is 12.1 Å². The fourth-order valence-electron chi connectivity index (χ4n) is 2.34. The Morgan fingerprint density at radius 3 is 2.38 bits per heavy atom. The lowest BCUT2D eigenvalue weighted by molar-refractivity contribution is 0.0746. The highest BCUT2D eigenvalue weighted by molar-refractivity contribution is 6.06. The molecule has 4 nitrogen and oxygen atoms in total. The number of aryl methyl sites for hydroxylation is 1. The molecule has 4 heteroatoms. The first-order valence-electron chi connectivity index (χ1n) is 6.64. The van der Waals surface area contributed by atoms with E-state index in [2.05, 4.69) is 0 Å². The summed E-state index contributed by atoms with van der Waals surface area (Å²) in [6, 6.07) is 16.8. The fraction of sp³-hybridized carbons (Fsp3) is 0.118. The smallest absolute Gasteiger partial charge is 0.318 e. The summed E-state index contributed by atoms with van der Waals surface area (Å²) in [4.78, 5) is 17.9. The van der Waals surface area contributed by atoms with Gasteiger partial charge in [0.25, 0.3) is 0 Å².